The Balaban J connectivity index is 4.15. The largest absolute Gasteiger partial charge is 0.480 e. The van der Waals surface area contributed by atoms with Crippen LogP contribution in [-0.4, -0.2) is 58.9 Å². The molecule has 0 heterocycles. The number of nitrogens with one attached hydrogen (secondary N) is 3. The average molecular weight is 315 g/mol. The summed E-state index contributed by atoms with van der Waals surface area (Å²) in [6, 6.07) is -1.48. The van der Waals surface area contributed by atoms with Gasteiger partial charge in [-0.25, -0.2) is 4.79 Å². The Morgan fingerprint density at radius 2 is 1.68 bits per heavy atom. The number of hydrogen-bond donors (Lipinski definition) is 5. The van der Waals surface area contributed by atoms with E-state index in [9.17, 15) is 24.0 Å². The number of carbonyl (C=O) groups excluding carboxylic acids is 4. The molecule has 0 aromatic heterocycles. The maximum atomic E-state index is 11.4. The maximum absolute atomic E-state index is 11.4. The van der Waals surface area contributed by atoms with Gasteiger partial charge in [0.25, 0.3) is 0 Å². The molecule has 0 unspecified atom stereocenters. The van der Waals surface area contributed by atoms with E-state index in [0.717, 1.165) is 0 Å². The second-order valence-electron chi connectivity index (χ2n) is 4.18. The van der Waals surface area contributed by atoms with E-state index in [2.05, 4.69) is 17.2 Å². The van der Waals surface area contributed by atoms with Crippen molar-refractivity contribution >= 4 is 29.5 Å². The molecule has 3 amide bonds. The van der Waals surface area contributed by atoms with E-state index in [1.807, 2.05) is 5.32 Å². The summed E-state index contributed by atoms with van der Waals surface area (Å²) in [6.07, 6.45) is -0.637. The third-order valence-electron chi connectivity index (χ3n) is 2.30. The molecule has 0 saturated carbocycles. The molecule has 0 aromatic carbocycles. The zero-order valence-electron chi connectivity index (χ0n) is 11.8. The molecule has 10 nitrogen and oxygen atoms in total. The molecule has 22 heavy (non-hydrogen) atoms. The van der Waals surface area contributed by atoms with E-state index in [0.29, 0.717) is 0 Å². The van der Waals surface area contributed by atoms with Gasteiger partial charge in [0, 0.05) is 6.92 Å². The minimum atomic E-state index is -1.48. The number of hydrogen-bond acceptors (Lipinski definition) is 6. The molecule has 5 N–H and O–H groups in total. The number of ketones is 1. The lowest BCUT2D eigenvalue weighted by atomic mass is 10.3. The van der Waals surface area contributed by atoms with E-state index in [1.165, 1.54) is 6.92 Å². The SMILES string of the molecule is C=C(NC(=O)CC(=O)NCC(=O)N[C@@H](CO)C(=O)O)C(C)=O. The molecular formula is C12H17N3O7. The van der Waals surface area contributed by atoms with Crippen LogP contribution in [0.1, 0.15) is 13.3 Å². The van der Waals surface area contributed by atoms with Gasteiger partial charge in [0.05, 0.1) is 18.8 Å². The van der Waals surface area contributed by atoms with Crippen molar-refractivity contribution in [3.8, 4) is 0 Å². The molecular weight excluding hydrogens is 298 g/mol. The second-order valence-corrected chi connectivity index (χ2v) is 4.18. The zero-order chi connectivity index (χ0) is 17.3. The minimum absolute atomic E-state index is 0.164. The Kier molecular flexibility index (Phi) is 8.08. The number of amides is 3. The number of allylic oxidation sites excluding steroid dienone is 1. The molecule has 0 spiro atoms. The summed E-state index contributed by atoms with van der Waals surface area (Å²) in [5.41, 5.74) is -0.164. The highest BCUT2D eigenvalue weighted by molar-refractivity contribution is 6.02. The number of carboxylic acid groups (broad SMARTS) is 1. The van der Waals surface area contributed by atoms with Crippen LogP contribution in [0.2, 0.25) is 0 Å². The van der Waals surface area contributed by atoms with Gasteiger partial charge in [-0.3, -0.25) is 19.2 Å². The van der Waals surface area contributed by atoms with E-state index < -0.39 is 55.1 Å². The number of carbonyl (C=O) groups is 5. The lowest BCUT2D eigenvalue weighted by molar-refractivity contribution is -0.142. The normalized spacial score (nSPS) is 11.0. The van der Waals surface area contributed by atoms with Crippen LogP contribution in [0, 0.1) is 0 Å². The highest BCUT2D eigenvalue weighted by Crippen LogP contribution is 1.89. The second kappa shape index (κ2) is 9.23. The first kappa shape index (κ1) is 19.2. The van der Waals surface area contributed by atoms with E-state index in [-0.39, 0.29) is 5.70 Å². The summed E-state index contributed by atoms with van der Waals surface area (Å²) < 4.78 is 0. The molecule has 0 radical (unpaired) electrons. The van der Waals surface area contributed by atoms with Gasteiger partial charge < -0.3 is 26.2 Å². The van der Waals surface area contributed by atoms with Crippen molar-refractivity contribution in [2.75, 3.05) is 13.2 Å². The third kappa shape index (κ3) is 7.75. The number of Topliss-reactive ketones (excluding diaryl/α,β-unsaturated/α-hetero) is 1. The van der Waals surface area contributed by atoms with Crippen molar-refractivity contribution in [2.45, 2.75) is 19.4 Å². The number of aliphatic hydroxyl groups excluding tert-OH is 1. The predicted molar refractivity (Wildman–Crippen MR) is 72.2 cm³/mol. The molecule has 0 bridgehead atoms. The van der Waals surface area contributed by atoms with Crippen LogP contribution in [0.5, 0.6) is 0 Å². The Bertz CT molecular complexity index is 501. The first-order chi connectivity index (χ1) is 10.2. The van der Waals surface area contributed by atoms with Gasteiger partial charge in [-0.1, -0.05) is 6.58 Å². The predicted octanol–water partition coefficient (Wildman–Crippen LogP) is -2.73. The molecule has 0 aliphatic carbocycles. The van der Waals surface area contributed by atoms with Crippen LogP contribution in [0.3, 0.4) is 0 Å². The zero-order valence-corrected chi connectivity index (χ0v) is 11.8. The Hall–Kier alpha value is -2.75. The topological polar surface area (TPSA) is 162 Å². The third-order valence-corrected chi connectivity index (χ3v) is 2.30. The number of rotatable bonds is 9. The van der Waals surface area contributed by atoms with Crippen LogP contribution in [0.4, 0.5) is 0 Å². The first-order valence-electron chi connectivity index (χ1n) is 6.06. The van der Waals surface area contributed by atoms with Gasteiger partial charge in [-0.15, -0.1) is 0 Å². The van der Waals surface area contributed by atoms with Gasteiger partial charge in [0.2, 0.25) is 17.7 Å². The average Bonchev–Trinajstić information content (AvgIpc) is 2.41. The molecule has 0 aliphatic rings. The smallest absolute Gasteiger partial charge is 0.328 e. The summed E-state index contributed by atoms with van der Waals surface area (Å²) in [4.78, 5) is 55.4. The standard InChI is InChI=1S/C12H17N3O7/c1-6(7(2)17)14-10(19)3-9(18)13-4-11(20)15-8(5-16)12(21)22/h8,16H,1,3-5H2,2H3,(H,13,18)(H,14,19)(H,15,20)(H,21,22)/t8-/m0/s1. The summed E-state index contributed by atoms with van der Waals surface area (Å²) in [5, 5.41) is 23.4. The van der Waals surface area contributed by atoms with Crippen LogP contribution in [-0.2, 0) is 24.0 Å². The van der Waals surface area contributed by atoms with Crippen molar-refractivity contribution in [1.82, 2.24) is 16.0 Å². The molecule has 0 saturated heterocycles. The summed E-state index contributed by atoms with van der Waals surface area (Å²) in [5.74, 6) is -4.32. The highest BCUT2D eigenvalue weighted by Gasteiger charge is 2.19. The van der Waals surface area contributed by atoms with Crippen LogP contribution in [0.15, 0.2) is 12.3 Å². The first-order valence-corrected chi connectivity index (χ1v) is 6.06. The van der Waals surface area contributed by atoms with Gasteiger partial charge in [-0.05, 0) is 0 Å². The van der Waals surface area contributed by atoms with Crippen molar-refractivity contribution in [3.63, 3.8) is 0 Å². The van der Waals surface area contributed by atoms with Crippen molar-refractivity contribution in [3.05, 3.63) is 12.3 Å². The quantitative estimate of drug-likeness (QED) is 0.228. The Morgan fingerprint density at radius 1 is 1.09 bits per heavy atom. The van der Waals surface area contributed by atoms with Gasteiger partial charge in [0.1, 0.15) is 12.5 Å². The van der Waals surface area contributed by atoms with Crippen LogP contribution < -0.4 is 16.0 Å². The van der Waals surface area contributed by atoms with E-state index in [1.54, 1.807) is 0 Å². The molecule has 10 heteroatoms. The highest BCUT2D eigenvalue weighted by atomic mass is 16.4. The number of aliphatic hydroxyl groups is 1. The van der Waals surface area contributed by atoms with Gasteiger partial charge >= 0.3 is 5.97 Å². The molecule has 0 rings (SSSR count). The lowest BCUT2D eigenvalue weighted by Crippen LogP contribution is -2.47. The molecule has 0 fully saturated rings. The molecule has 0 aromatic rings. The van der Waals surface area contributed by atoms with E-state index >= 15 is 0 Å². The molecule has 0 aliphatic heterocycles. The van der Waals surface area contributed by atoms with Crippen LogP contribution in [0.25, 0.3) is 0 Å². The fraction of sp³-hybridized carbons (Fsp3) is 0.417. The fourth-order valence-electron chi connectivity index (χ4n) is 1.12. The molecule has 122 valence electrons. The summed E-state index contributed by atoms with van der Waals surface area (Å²) in [7, 11) is 0. The Labute approximate surface area is 125 Å². The van der Waals surface area contributed by atoms with Crippen molar-refractivity contribution < 1.29 is 34.2 Å². The maximum Gasteiger partial charge on any atom is 0.328 e. The van der Waals surface area contributed by atoms with Crippen molar-refractivity contribution in [1.29, 1.82) is 0 Å². The van der Waals surface area contributed by atoms with Crippen molar-refractivity contribution in [2.24, 2.45) is 0 Å². The number of carboxylic acids is 1. The minimum Gasteiger partial charge on any atom is -0.480 e. The van der Waals surface area contributed by atoms with Crippen LogP contribution >= 0.6 is 0 Å². The summed E-state index contributed by atoms with van der Waals surface area (Å²) in [6.45, 7) is 3.10. The fourth-order valence-corrected chi connectivity index (χ4v) is 1.12. The monoisotopic (exact) mass is 315 g/mol. The Morgan fingerprint density at radius 3 is 2.14 bits per heavy atom. The summed E-state index contributed by atoms with van der Waals surface area (Å²) >= 11 is 0. The molecule has 1 atom stereocenters. The lowest BCUT2D eigenvalue weighted by Gasteiger charge is -2.12. The van der Waals surface area contributed by atoms with E-state index in [4.69, 9.17) is 10.2 Å². The van der Waals surface area contributed by atoms with Gasteiger partial charge in [-0.2, -0.15) is 0 Å². The number of aliphatic carboxylic acids is 1. The van der Waals surface area contributed by atoms with Gasteiger partial charge in [0.15, 0.2) is 5.78 Å².